The predicted octanol–water partition coefficient (Wildman–Crippen LogP) is 1.33. The van der Waals surface area contributed by atoms with Gasteiger partial charge in [-0.2, -0.15) is 4.31 Å². The van der Waals surface area contributed by atoms with Crippen molar-refractivity contribution in [2.24, 2.45) is 5.73 Å². The molecule has 0 saturated carbocycles. The van der Waals surface area contributed by atoms with Gasteiger partial charge in [-0.25, -0.2) is 12.8 Å². The minimum atomic E-state index is -3.99. The molecule has 1 unspecified atom stereocenters. The smallest absolute Gasteiger partial charge is 0.246 e. The van der Waals surface area contributed by atoms with Crippen molar-refractivity contribution in [2.75, 3.05) is 31.6 Å². The minimum Gasteiger partial charge on any atom is -0.379 e. The molecule has 2 rings (SSSR count). The fraction of sp³-hybridized carbons (Fsp3) is 0.533. The van der Waals surface area contributed by atoms with Gasteiger partial charge in [0.1, 0.15) is 10.7 Å². The van der Waals surface area contributed by atoms with Crippen molar-refractivity contribution in [1.29, 1.82) is 0 Å². The number of nitrogens with zero attached hydrogens (tertiary/aromatic N) is 1. The Balaban J connectivity index is 0.00000312. The Bertz CT molecular complexity index is 696. The summed E-state index contributed by atoms with van der Waals surface area (Å²) in [4.78, 5) is 11.5. The highest BCUT2D eigenvalue weighted by Gasteiger charge is 2.29. The largest absolute Gasteiger partial charge is 0.379 e. The highest BCUT2D eigenvalue weighted by atomic mass is 35.5. The number of halogens is 2. The van der Waals surface area contributed by atoms with E-state index in [1.54, 1.807) is 0 Å². The van der Waals surface area contributed by atoms with Crippen LogP contribution >= 0.6 is 12.4 Å². The molecular formula is C15H23ClFN3O4S. The van der Waals surface area contributed by atoms with Crippen LogP contribution in [0.5, 0.6) is 0 Å². The third kappa shape index (κ3) is 5.35. The van der Waals surface area contributed by atoms with E-state index in [9.17, 15) is 17.6 Å². The first kappa shape index (κ1) is 21.8. The van der Waals surface area contributed by atoms with E-state index in [2.05, 4.69) is 5.32 Å². The molecule has 0 aliphatic carbocycles. The number of ether oxygens (including phenoxy) is 1. The first-order valence-electron chi connectivity index (χ1n) is 7.80. The molecule has 1 saturated heterocycles. The van der Waals surface area contributed by atoms with Crippen molar-refractivity contribution in [1.82, 2.24) is 4.31 Å². The standard InChI is InChI=1S/C15H22FN3O4S.ClH/c1-2-3-13(17)15(20)18-11-4-5-12(16)14(10-11)24(21,22)19-6-8-23-9-7-19;/h4-5,10,13H,2-3,6-9,17H2,1H3,(H,18,20);1H. The van der Waals surface area contributed by atoms with Crippen molar-refractivity contribution in [2.45, 2.75) is 30.7 Å². The van der Waals surface area contributed by atoms with Crippen LogP contribution in [-0.4, -0.2) is 51.0 Å². The number of carbonyl (C=O) groups is 1. The van der Waals surface area contributed by atoms with Gasteiger partial charge in [-0.15, -0.1) is 12.4 Å². The number of anilines is 1. The number of morpholine rings is 1. The van der Waals surface area contributed by atoms with Crippen molar-refractivity contribution >= 4 is 34.0 Å². The van der Waals surface area contributed by atoms with E-state index in [-0.39, 0.29) is 44.4 Å². The summed E-state index contributed by atoms with van der Waals surface area (Å²) < 4.78 is 45.5. The number of hydrogen-bond donors (Lipinski definition) is 2. The van der Waals surface area contributed by atoms with Gasteiger partial charge >= 0.3 is 0 Å². The first-order valence-corrected chi connectivity index (χ1v) is 9.24. The van der Waals surface area contributed by atoms with E-state index < -0.39 is 32.7 Å². The van der Waals surface area contributed by atoms with Gasteiger partial charge < -0.3 is 15.8 Å². The molecule has 1 heterocycles. The fourth-order valence-electron chi connectivity index (χ4n) is 2.38. The molecule has 0 bridgehead atoms. The summed E-state index contributed by atoms with van der Waals surface area (Å²) in [7, 11) is -3.99. The Morgan fingerprint density at radius 1 is 1.40 bits per heavy atom. The quantitative estimate of drug-likeness (QED) is 0.756. The Hall–Kier alpha value is -1.26. The lowest BCUT2D eigenvalue weighted by Crippen LogP contribution is -2.41. The number of nitrogens with one attached hydrogen (secondary N) is 1. The molecule has 1 aromatic rings. The van der Waals surface area contributed by atoms with E-state index in [4.69, 9.17) is 10.5 Å². The molecule has 3 N–H and O–H groups in total. The van der Waals surface area contributed by atoms with Gasteiger partial charge in [0, 0.05) is 18.8 Å². The van der Waals surface area contributed by atoms with Gasteiger partial charge in [0.25, 0.3) is 0 Å². The molecule has 7 nitrogen and oxygen atoms in total. The zero-order chi connectivity index (χ0) is 17.7. The predicted molar refractivity (Wildman–Crippen MR) is 94.7 cm³/mol. The Morgan fingerprint density at radius 3 is 2.64 bits per heavy atom. The third-order valence-corrected chi connectivity index (χ3v) is 5.64. The Kier molecular flexibility index (Phi) is 8.23. The summed E-state index contributed by atoms with van der Waals surface area (Å²) in [5.41, 5.74) is 5.91. The molecule has 0 spiro atoms. The van der Waals surface area contributed by atoms with Gasteiger partial charge in [-0.05, 0) is 24.6 Å². The Labute approximate surface area is 153 Å². The maximum absolute atomic E-state index is 14.1. The lowest BCUT2D eigenvalue weighted by molar-refractivity contribution is -0.117. The first-order chi connectivity index (χ1) is 11.4. The monoisotopic (exact) mass is 395 g/mol. The van der Waals surface area contributed by atoms with Crippen molar-refractivity contribution in [3.63, 3.8) is 0 Å². The van der Waals surface area contributed by atoms with Crippen LogP contribution in [0.15, 0.2) is 23.1 Å². The molecule has 1 aliphatic rings. The molecule has 1 amide bonds. The molecule has 1 fully saturated rings. The number of hydrogen-bond acceptors (Lipinski definition) is 5. The van der Waals surface area contributed by atoms with E-state index in [1.165, 1.54) is 10.4 Å². The van der Waals surface area contributed by atoms with E-state index in [0.717, 1.165) is 18.6 Å². The maximum atomic E-state index is 14.1. The lowest BCUT2D eigenvalue weighted by Gasteiger charge is -2.26. The summed E-state index contributed by atoms with van der Waals surface area (Å²) in [6.07, 6.45) is 1.25. The normalized spacial score (nSPS) is 16.8. The summed E-state index contributed by atoms with van der Waals surface area (Å²) in [5, 5.41) is 2.53. The van der Waals surface area contributed by atoms with Crippen LogP contribution in [0.3, 0.4) is 0 Å². The van der Waals surface area contributed by atoms with Gasteiger partial charge in [-0.3, -0.25) is 4.79 Å². The summed E-state index contributed by atoms with van der Waals surface area (Å²) >= 11 is 0. The second-order valence-electron chi connectivity index (χ2n) is 5.55. The third-order valence-electron chi connectivity index (χ3n) is 3.72. The van der Waals surface area contributed by atoms with Gasteiger partial charge in [0.15, 0.2) is 0 Å². The zero-order valence-corrected chi connectivity index (χ0v) is 15.5. The number of amides is 1. The number of benzene rings is 1. The average molecular weight is 396 g/mol. The summed E-state index contributed by atoms with van der Waals surface area (Å²) in [6, 6.07) is 2.76. The highest BCUT2D eigenvalue weighted by Crippen LogP contribution is 2.24. The fourth-order valence-corrected chi connectivity index (χ4v) is 3.88. The molecule has 10 heteroatoms. The second kappa shape index (κ2) is 9.44. The van der Waals surface area contributed by atoms with Crippen LogP contribution in [0.25, 0.3) is 0 Å². The van der Waals surface area contributed by atoms with Crippen molar-refractivity contribution < 1.29 is 22.3 Å². The summed E-state index contributed by atoms with van der Waals surface area (Å²) in [5.74, 6) is -1.30. The molecule has 142 valence electrons. The van der Waals surface area contributed by atoms with Crippen LogP contribution in [0.1, 0.15) is 19.8 Å². The van der Waals surface area contributed by atoms with Crippen LogP contribution in [-0.2, 0) is 19.6 Å². The highest BCUT2D eigenvalue weighted by molar-refractivity contribution is 7.89. The van der Waals surface area contributed by atoms with Crippen molar-refractivity contribution in [3.8, 4) is 0 Å². The molecular weight excluding hydrogens is 373 g/mol. The molecule has 0 radical (unpaired) electrons. The van der Waals surface area contributed by atoms with E-state index in [1.807, 2.05) is 6.92 Å². The summed E-state index contributed by atoms with van der Waals surface area (Å²) in [6.45, 7) is 2.77. The van der Waals surface area contributed by atoms with E-state index >= 15 is 0 Å². The van der Waals surface area contributed by atoms with Gasteiger partial charge in [0.2, 0.25) is 15.9 Å². The number of sulfonamides is 1. The molecule has 1 aromatic carbocycles. The molecule has 25 heavy (non-hydrogen) atoms. The van der Waals surface area contributed by atoms with Gasteiger partial charge in [-0.1, -0.05) is 13.3 Å². The zero-order valence-electron chi connectivity index (χ0n) is 13.9. The molecule has 1 aliphatic heterocycles. The second-order valence-corrected chi connectivity index (χ2v) is 7.45. The minimum absolute atomic E-state index is 0. The van der Waals surface area contributed by atoms with Crippen molar-refractivity contribution in [3.05, 3.63) is 24.0 Å². The van der Waals surface area contributed by atoms with E-state index in [0.29, 0.717) is 6.42 Å². The number of rotatable bonds is 6. The molecule has 0 aromatic heterocycles. The maximum Gasteiger partial charge on any atom is 0.246 e. The van der Waals surface area contributed by atoms with Gasteiger partial charge in [0.05, 0.1) is 19.3 Å². The molecule has 1 atom stereocenters. The SMILES string of the molecule is CCCC(N)C(=O)Nc1ccc(F)c(S(=O)(=O)N2CCOCC2)c1.Cl. The van der Waals surface area contributed by atoms with Crippen LogP contribution in [0.2, 0.25) is 0 Å². The average Bonchev–Trinajstić information content (AvgIpc) is 2.57. The lowest BCUT2D eigenvalue weighted by atomic mass is 10.1. The topological polar surface area (TPSA) is 102 Å². The van der Waals surface area contributed by atoms with Crippen LogP contribution in [0, 0.1) is 5.82 Å². The number of carbonyl (C=O) groups excluding carboxylic acids is 1. The number of nitrogens with two attached hydrogens (primary N) is 1. The van der Waals surface area contributed by atoms with Crippen LogP contribution < -0.4 is 11.1 Å². The van der Waals surface area contributed by atoms with Crippen LogP contribution in [0.4, 0.5) is 10.1 Å². The Morgan fingerprint density at radius 2 is 2.04 bits per heavy atom.